The van der Waals surface area contributed by atoms with E-state index in [0.717, 1.165) is 11.1 Å². The number of methoxy groups -OCH3 is 1. The summed E-state index contributed by atoms with van der Waals surface area (Å²) in [6, 6.07) is 12.8. The van der Waals surface area contributed by atoms with Crippen LogP contribution in [0.1, 0.15) is 17.3 Å². The number of amides is 1. The first-order valence-electron chi connectivity index (χ1n) is 8.01. The summed E-state index contributed by atoms with van der Waals surface area (Å²) < 4.78 is 6.58. The molecule has 1 aromatic heterocycles. The SMILES string of the molecule is COCC(C)NC(=O)c1cc(-c2ccc(Cl)cc2)cc(-n2cnnn2)c1. The van der Waals surface area contributed by atoms with Crippen molar-refractivity contribution in [3.05, 3.63) is 59.4 Å². The number of carbonyl (C=O) groups is 1. The van der Waals surface area contributed by atoms with Gasteiger partial charge in [0.1, 0.15) is 6.33 Å². The Morgan fingerprint density at radius 2 is 2.00 bits per heavy atom. The first kappa shape index (κ1) is 18.0. The van der Waals surface area contributed by atoms with Crippen LogP contribution in [0.4, 0.5) is 0 Å². The fourth-order valence-electron chi connectivity index (χ4n) is 2.56. The molecule has 3 aromatic rings. The van der Waals surface area contributed by atoms with Gasteiger partial charge in [0.2, 0.25) is 0 Å². The van der Waals surface area contributed by atoms with Crippen LogP contribution in [-0.4, -0.2) is 45.9 Å². The van der Waals surface area contributed by atoms with Crippen molar-refractivity contribution < 1.29 is 9.53 Å². The smallest absolute Gasteiger partial charge is 0.251 e. The van der Waals surface area contributed by atoms with E-state index in [1.807, 2.05) is 31.2 Å². The fraction of sp³-hybridized carbons (Fsp3) is 0.222. The van der Waals surface area contributed by atoms with E-state index in [0.29, 0.717) is 22.9 Å². The lowest BCUT2D eigenvalue weighted by Crippen LogP contribution is -2.35. The monoisotopic (exact) mass is 371 g/mol. The lowest BCUT2D eigenvalue weighted by molar-refractivity contribution is 0.0905. The predicted molar refractivity (Wildman–Crippen MR) is 98.4 cm³/mol. The topological polar surface area (TPSA) is 81.9 Å². The minimum atomic E-state index is -0.195. The maximum absolute atomic E-state index is 12.6. The highest BCUT2D eigenvalue weighted by Crippen LogP contribution is 2.25. The van der Waals surface area contributed by atoms with Crippen LogP contribution in [0.25, 0.3) is 16.8 Å². The largest absolute Gasteiger partial charge is 0.383 e. The number of tetrazole rings is 1. The number of ether oxygens (including phenoxy) is 1. The summed E-state index contributed by atoms with van der Waals surface area (Å²) in [6.45, 7) is 2.31. The van der Waals surface area contributed by atoms with Crippen molar-refractivity contribution in [2.24, 2.45) is 0 Å². The third kappa shape index (κ3) is 4.25. The highest BCUT2D eigenvalue weighted by atomic mass is 35.5. The maximum atomic E-state index is 12.6. The summed E-state index contributed by atoms with van der Waals surface area (Å²) >= 11 is 5.97. The summed E-state index contributed by atoms with van der Waals surface area (Å²) in [6.07, 6.45) is 1.48. The first-order valence-corrected chi connectivity index (χ1v) is 8.39. The van der Waals surface area contributed by atoms with Crippen molar-refractivity contribution in [2.75, 3.05) is 13.7 Å². The zero-order chi connectivity index (χ0) is 18.5. The molecule has 26 heavy (non-hydrogen) atoms. The minimum Gasteiger partial charge on any atom is -0.383 e. The molecule has 134 valence electrons. The molecule has 2 aromatic carbocycles. The molecule has 0 aliphatic rings. The number of benzene rings is 2. The Labute approximate surface area is 155 Å². The van der Waals surface area contributed by atoms with Gasteiger partial charge in [0.25, 0.3) is 5.91 Å². The Hall–Kier alpha value is -2.77. The van der Waals surface area contributed by atoms with Crippen LogP contribution >= 0.6 is 11.6 Å². The van der Waals surface area contributed by atoms with E-state index in [2.05, 4.69) is 20.8 Å². The van der Waals surface area contributed by atoms with Gasteiger partial charge in [-0.15, -0.1) is 5.10 Å². The van der Waals surface area contributed by atoms with Crippen molar-refractivity contribution in [1.29, 1.82) is 0 Å². The van der Waals surface area contributed by atoms with Gasteiger partial charge in [-0.25, -0.2) is 4.68 Å². The average molecular weight is 372 g/mol. The molecular formula is C18H18ClN5O2. The molecule has 3 rings (SSSR count). The van der Waals surface area contributed by atoms with Gasteiger partial charge < -0.3 is 10.1 Å². The van der Waals surface area contributed by atoms with E-state index < -0.39 is 0 Å². The lowest BCUT2D eigenvalue weighted by Gasteiger charge is -2.14. The Bertz CT molecular complexity index is 881. The van der Waals surface area contributed by atoms with Crippen molar-refractivity contribution in [3.63, 3.8) is 0 Å². The number of rotatable bonds is 6. The van der Waals surface area contributed by atoms with Crippen molar-refractivity contribution in [3.8, 4) is 16.8 Å². The standard InChI is InChI=1S/C18H18ClN5O2/c1-12(10-26-2)21-18(25)15-7-14(13-3-5-16(19)6-4-13)8-17(9-15)24-11-20-22-23-24/h3-9,11-12H,10H2,1-2H3,(H,21,25). The van der Waals surface area contributed by atoms with Gasteiger partial charge in [-0.3, -0.25) is 4.79 Å². The van der Waals surface area contributed by atoms with Crippen LogP contribution < -0.4 is 5.32 Å². The zero-order valence-electron chi connectivity index (χ0n) is 14.4. The van der Waals surface area contributed by atoms with Gasteiger partial charge in [0.15, 0.2) is 0 Å². The molecule has 7 nitrogen and oxygen atoms in total. The first-order chi connectivity index (χ1) is 12.6. The molecule has 1 amide bonds. The van der Waals surface area contributed by atoms with Gasteiger partial charge >= 0.3 is 0 Å². The zero-order valence-corrected chi connectivity index (χ0v) is 15.1. The second-order valence-corrected chi connectivity index (χ2v) is 6.30. The van der Waals surface area contributed by atoms with Gasteiger partial charge in [-0.1, -0.05) is 23.7 Å². The van der Waals surface area contributed by atoms with Gasteiger partial charge in [0.05, 0.1) is 12.3 Å². The molecule has 0 fully saturated rings. The Kier molecular flexibility index (Phi) is 5.60. The number of nitrogens with zero attached hydrogens (tertiary/aromatic N) is 4. The summed E-state index contributed by atoms with van der Waals surface area (Å²) in [5.74, 6) is -0.195. The minimum absolute atomic E-state index is 0.108. The van der Waals surface area contributed by atoms with Crippen molar-refractivity contribution >= 4 is 17.5 Å². The predicted octanol–water partition coefficient (Wildman–Crippen LogP) is 2.75. The number of hydrogen-bond donors (Lipinski definition) is 1. The molecule has 1 unspecified atom stereocenters. The molecule has 8 heteroatoms. The average Bonchev–Trinajstić information content (AvgIpc) is 3.17. The number of carbonyl (C=O) groups excluding carboxylic acids is 1. The van der Waals surface area contributed by atoms with Gasteiger partial charge in [0, 0.05) is 23.7 Å². The van der Waals surface area contributed by atoms with Gasteiger partial charge in [-0.05, 0) is 58.8 Å². The molecule has 0 aliphatic carbocycles. The molecule has 0 spiro atoms. The van der Waals surface area contributed by atoms with E-state index in [9.17, 15) is 4.79 Å². The Balaban J connectivity index is 2.00. The Morgan fingerprint density at radius 1 is 1.23 bits per heavy atom. The van der Waals surface area contributed by atoms with E-state index in [1.165, 1.54) is 11.0 Å². The van der Waals surface area contributed by atoms with Gasteiger partial charge in [-0.2, -0.15) is 0 Å². The molecule has 1 atom stereocenters. The van der Waals surface area contributed by atoms with Crippen molar-refractivity contribution in [2.45, 2.75) is 13.0 Å². The summed E-state index contributed by atoms with van der Waals surface area (Å²) in [7, 11) is 1.60. The van der Waals surface area contributed by atoms with Crippen LogP contribution in [0.3, 0.4) is 0 Å². The maximum Gasteiger partial charge on any atom is 0.251 e. The van der Waals surface area contributed by atoms with Crippen LogP contribution in [-0.2, 0) is 4.74 Å². The third-order valence-electron chi connectivity index (χ3n) is 3.77. The van der Waals surface area contributed by atoms with Crippen LogP contribution in [0, 0.1) is 0 Å². The second kappa shape index (κ2) is 8.07. The lowest BCUT2D eigenvalue weighted by atomic mass is 10.0. The van der Waals surface area contributed by atoms with Crippen molar-refractivity contribution in [1.82, 2.24) is 25.5 Å². The van der Waals surface area contributed by atoms with E-state index in [4.69, 9.17) is 16.3 Å². The van der Waals surface area contributed by atoms with Crippen LogP contribution in [0.2, 0.25) is 5.02 Å². The highest BCUT2D eigenvalue weighted by molar-refractivity contribution is 6.30. The summed E-state index contributed by atoms with van der Waals surface area (Å²) in [5, 5.41) is 14.8. The number of halogens is 1. The molecule has 0 bridgehead atoms. The fourth-order valence-corrected chi connectivity index (χ4v) is 2.69. The number of aromatic nitrogens is 4. The van der Waals surface area contributed by atoms with E-state index in [-0.39, 0.29) is 11.9 Å². The second-order valence-electron chi connectivity index (χ2n) is 5.86. The van der Waals surface area contributed by atoms with Crippen LogP contribution in [0.5, 0.6) is 0 Å². The molecule has 0 saturated carbocycles. The van der Waals surface area contributed by atoms with Crippen LogP contribution in [0.15, 0.2) is 48.8 Å². The quantitative estimate of drug-likeness (QED) is 0.720. The Morgan fingerprint density at radius 3 is 2.65 bits per heavy atom. The third-order valence-corrected chi connectivity index (χ3v) is 4.02. The summed E-state index contributed by atoms with van der Waals surface area (Å²) in [5.41, 5.74) is 2.99. The molecule has 1 N–H and O–H groups in total. The normalized spacial score (nSPS) is 12.0. The number of nitrogens with one attached hydrogen (secondary N) is 1. The molecule has 1 heterocycles. The molecular weight excluding hydrogens is 354 g/mol. The highest BCUT2D eigenvalue weighted by Gasteiger charge is 2.14. The molecule has 0 aliphatic heterocycles. The van der Waals surface area contributed by atoms with E-state index >= 15 is 0 Å². The summed E-state index contributed by atoms with van der Waals surface area (Å²) in [4.78, 5) is 12.6. The number of hydrogen-bond acceptors (Lipinski definition) is 5. The van der Waals surface area contributed by atoms with E-state index in [1.54, 1.807) is 25.3 Å². The molecule has 0 saturated heterocycles. The molecule has 0 radical (unpaired) electrons.